The van der Waals surface area contributed by atoms with Crippen LogP contribution in [0.4, 0.5) is 13.2 Å². The number of pyridine rings is 2. The molecule has 3 heterocycles. The van der Waals surface area contributed by atoms with Crippen LogP contribution in [0.2, 0.25) is 5.02 Å². The number of nitrogens with zero attached hydrogens (tertiary/aromatic N) is 4. The fraction of sp³-hybridized carbons (Fsp3) is 0.273. The number of amides is 1. The van der Waals surface area contributed by atoms with Crippen LogP contribution >= 0.6 is 11.6 Å². The van der Waals surface area contributed by atoms with Gasteiger partial charge in [0.1, 0.15) is 22.4 Å². The number of halogens is 4. The van der Waals surface area contributed by atoms with E-state index in [1.54, 1.807) is 32.0 Å². The minimum absolute atomic E-state index is 0.0358. The Morgan fingerprint density at radius 2 is 1.81 bits per heavy atom. The predicted molar refractivity (Wildman–Crippen MR) is 156 cm³/mol. The van der Waals surface area contributed by atoms with Crippen molar-refractivity contribution < 1.29 is 18.0 Å². The average molecular weight is 603 g/mol. The highest BCUT2D eigenvalue weighted by Crippen LogP contribution is 2.55. The zero-order valence-corrected chi connectivity index (χ0v) is 24.1. The molecule has 0 N–H and O–H groups in total. The van der Waals surface area contributed by atoms with Gasteiger partial charge in [0.05, 0.1) is 23.2 Å². The molecule has 10 heteroatoms. The number of likely N-dealkylation sites (tertiary alicyclic amines) is 1. The molecule has 1 saturated heterocycles. The van der Waals surface area contributed by atoms with E-state index in [1.807, 2.05) is 0 Å². The van der Waals surface area contributed by atoms with E-state index in [-0.39, 0.29) is 57.6 Å². The molecule has 6 nitrogen and oxygen atoms in total. The molecule has 218 valence electrons. The summed E-state index contributed by atoms with van der Waals surface area (Å²) in [6.07, 6.45) is 2.59. The molecule has 4 aromatic rings. The lowest BCUT2D eigenvalue weighted by molar-refractivity contribution is 0.0785. The first-order chi connectivity index (χ1) is 20.6. The fourth-order valence-electron chi connectivity index (χ4n) is 6.03. The monoisotopic (exact) mass is 602 g/mol. The van der Waals surface area contributed by atoms with Crippen molar-refractivity contribution in [3.05, 3.63) is 116 Å². The summed E-state index contributed by atoms with van der Waals surface area (Å²) in [4.78, 5) is 32.3. The van der Waals surface area contributed by atoms with Crippen LogP contribution in [0.3, 0.4) is 0 Å². The Hall–Kier alpha value is -4.42. The van der Waals surface area contributed by atoms with Crippen molar-refractivity contribution in [2.45, 2.75) is 38.5 Å². The zero-order chi connectivity index (χ0) is 30.6. The third-order valence-corrected chi connectivity index (χ3v) is 8.77. The SMILES string of the molecule is Cc1cnc(-c2cccc(C(=O)N3CC[C@@H](C#N)C3)c2F)c(F)c1-n1c(C)cc([C@H]2C[C@@H]2c2ccc(F)cc2)c(Cl)c1=O. The van der Waals surface area contributed by atoms with E-state index < -0.39 is 23.1 Å². The molecule has 1 saturated carbocycles. The number of aromatic nitrogens is 2. The van der Waals surface area contributed by atoms with Crippen LogP contribution < -0.4 is 5.56 Å². The largest absolute Gasteiger partial charge is 0.337 e. The Morgan fingerprint density at radius 1 is 1.07 bits per heavy atom. The molecule has 2 aromatic carbocycles. The van der Waals surface area contributed by atoms with Gasteiger partial charge in [0.25, 0.3) is 11.5 Å². The molecule has 2 aliphatic rings. The minimum Gasteiger partial charge on any atom is -0.337 e. The Kier molecular flexibility index (Phi) is 7.35. The standard InChI is InChI=1S/C33H26ClF3N4O2/c1-17-15-39-30(22-4-3-5-23(28(22)36)32(42)40-11-10-19(14-38)16-40)29(37)31(17)41-18(2)12-26(27(34)33(41)43)25-13-24(25)20-6-8-21(35)9-7-20/h3-9,12,15,19,24-25H,10-11,13,16H2,1-2H3/t19-,24+,25-/m0/s1. The molecule has 1 aliphatic heterocycles. The number of carbonyl (C=O) groups is 1. The summed E-state index contributed by atoms with van der Waals surface area (Å²) in [5, 5.41) is 9.13. The highest BCUT2D eigenvalue weighted by molar-refractivity contribution is 6.31. The van der Waals surface area contributed by atoms with Gasteiger partial charge in [0.15, 0.2) is 5.82 Å². The number of carbonyl (C=O) groups excluding carboxylic acids is 1. The maximum atomic E-state index is 16.3. The molecule has 3 atom stereocenters. The van der Waals surface area contributed by atoms with E-state index in [2.05, 4.69) is 11.1 Å². The second kappa shape index (κ2) is 11.0. The van der Waals surface area contributed by atoms with Gasteiger partial charge in [0.2, 0.25) is 0 Å². The van der Waals surface area contributed by atoms with Gasteiger partial charge in [-0.15, -0.1) is 0 Å². The number of aryl methyl sites for hydroxylation is 2. The van der Waals surface area contributed by atoms with Crippen molar-refractivity contribution in [1.29, 1.82) is 5.26 Å². The molecule has 1 amide bonds. The molecule has 0 unspecified atom stereocenters. The third-order valence-electron chi connectivity index (χ3n) is 8.39. The zero-order valence-electron chi connectivity index (χ0n) is 23.4. The molecule has 0 radical (unpaired) electrons. The molecular formula is C33H26ClF3N4O2. The summed E-state index contributed by atoms with van der Waals surface area (Å²) in [5.41, 5.74) is 0.785. The fourth-order valence-corrected chi connectivity index (χ4v) is 6.31. The second-order valence-corrected chi connectivity index (χ2v) is 11.6. The number of rotatable bonds is 5. The van der Waals surface area contributed by atoms with Gasteiger partial charge >= 0.3 is 0 Å². The predicted octanol–water partition coefficient (Wildman–Crippen LogP) is 6.84. The summed E-state index contributed by atoms with van der Waals surface area (Å²) < 4.78 is 46.6. The van der Waals surface area contributed by atoms with Crippen LogP contribution in [0.5, 0.6) is 0 Å². The summed E-state index contributed by atoms with van der Waals surface area (Å²) in [6, 6.07) is 14.2. The Morgan fingerprint density at radius 3 is 2.51 bits per heavy atom. The van der Waals surface area contributed by atoms with Crippen molar-refractivity contribution in [2.75, 3.05) is 13.1 Å². The highest BCUT2D eigenvalue weighted by atomic mass is 35.5. The lowest BCUT2D eigenvalue weighted by Gasteiger charge is -2.19. The van der Waals surface area contributed by atoms with Crippen LogP contribution in [-0.4, -0.2) is 33.4 Å². The van der Waals surface area contributed by atoms with Crippen molar-refractivity contribution >= 4 is 17.5 Å². The number of benzene rings is 2. The van der Waals surface area contributed by atoms with E-state index in [0.29, 0.717) is 29.8 Å². The lowest BCUT2D eigenvalue weighted by atomic mass is 10.0. The van der Waals surface area contributed by atoms with Gasteiger partial charge in [-0.3, -0.25) is 19.1 Å². The van der Waals surface area contributed by atoms with Gasteiger partial charge in [-0.2, -0.15) is 5.26 Å². The Bertz CT molecular complexity index is 1880. The number of hydrogen-bond acceptors (Lipinski definition) is 4. The molecule has 0 spiro atoms. The van der Waals surface area contributed by atoms with Crippen LogP contribution in [-0.2, 0) is 0 Å². The lowest BCUT2D eigenvalue weighted by Crippen LogP contribution is -2.29. The van der Waals surface area contributed by atoms with Crippen LogP contribution in [0, 0.1) is 48.5 Å². The molecule has 2 aromatic heterocycles. The molecular weight excluding hydrogens is 577 g/mol. The minimum atomic E-state index is -0.938. The number of nitriles is 1. The van der Waals surface area contributed by atoms with Crippen molar-refractivity contribution in [1.82, 2.24) is 14.5 Å². The molecule has 1 aliphatic carbocycles. The first-order valence-electron chi connectivity index (χ1n) is 13.9. The van der Waals surface area contributed by atoms with E-state index >= 15 is 8.78 Å². The topological polar surface area (TPSA) is 79.0 Å². The van der Waals surface area contributed by atoms with Gasteiger partial charge in [0, 0.05) is 30.5 Å². The van der Waals surface area contributed by atoms with Gasteiger partial charge < -0.3 is 4.90 Å². The Labute approximate surface area is 251 Å². The van der Waals surface area contributed by atoms with Crippen molar-refractivity contribution in [3.8, 4) is 23.0 Å². The van der Waals surface area contributed by atoms with E-state index in [1.165, 1.54) is 41.4 Å². The maximum absolute atomic E-state index is 16.3. The summed E-state index contributed by atoms with van der Waals surface area (Å²) in [6.45, 7) is 3.78. The van der Waals surface area contributed by atoms with Crippen LogP contribution in [0.15, 0.2) is 59.5 Å². The maximum Gasteiger partial charge on any atom is 0.274 e. The van der Waals surface area contributed by atoms with E-state index in [0.717, 1.165) is 16.6 Å². The normalized spacial score (nSPS) is 19.4. The van der Waals surface area contributed by atoms with Crippen molar-refractivity contribution in [2.24, 2.45) is 5.92 Å². The summed E-state index contributed by atoms with van der Waals surface area (Å²) >= 11 is 6.60. The van der Waals surface area contributed by atoms with E-state index in [9.17, 15) is 14.0 Å². The first-order valence-corrected chi connectivity index (χ1v) is 14.3. The third kappa shape index (κ3) is 5.00. The smallest absolute Gasteiger partial charge is 0.274 e. The summed E-state index contributed by atoms with van der Waals surface area (Å²) in [5.74, 6) is -3.05. The molecule has 6 rings (SSSR count). The highest BCUT2D eigenvalue weighted by Gasteiger charge is 2.41. The van der Waals surface area contributed by atoms with E-state index in [4.69, 9.17) is 16.9 Å². The van der Waals surface area contributed by atoms with Crippen LogP contribution in [0.1, 0.15) is 57.4 Å². The van der Waals surface area contributed by atoms with Crippen molar-refractivity contribution in [3.63, 3.8) is 0 Å². The quantitative estimate of drug-likeness (QED) is 0.250. The molecule has 2 fully saturated rings. The Balaban J connectivity index is 1.38. The average Bonchev–Trinajstić information content (AvgIpc) is 3.63. The van der Waals surface area contributed by atoms with Gasteiger partial charge in [-0.1, -0.05) is 29.8 Å². The second-order valence-electron chi connectivity index (χ2n) is 11.2. The number of hydrogen-bond donors (Lipinski definition) is 0. The molecule has 43 heavy (non-hydrogen) atoms. The first kappa shape index (κ1) is 28.7. The molecule has 0 bridgehead atoms. The van der Waals surface area contributed by atoms with Gasteiger partial charge in [-0.05, 0) is 85.5 Å². The van der Waals surface area contributed by atoms with Crippen LogP contribution in [0.25, 0.3) is 16.9 Å². The van der Waals surface area contributed by atoms with Gasteiger partial charge in [-0.25, -0.2) is 13.2 Å². The summed E-state index contributed by atoms with van der Waals surface area (Å²) in [7, 11) is 0.